The predicted molar refractivity (Wildman–Crippen MR) is 195 cm³/mol. The van der Waals surface area contributed by atoms with Crippen molar-refractivity contribution < 1.29 is 19.0 Å². The Labute approximate surface area is 298 Å². The maximum absolute atomic E-state index is 14.5. The topological polar surface area (TPSA) is 79.1 Å². The van der Waals surface area contributed by atoms with Crippen molar-refractivity contribution in [1.82, 2.24) is 4.57 Å². The van der Waals surface area contributed by atoms with E-state index in [0.29, 0.717) is 53.6 Å². The van der Waals surface area contributed by atoms with E-state index in [0.717, 1.165) is 22.3 Å². The van der Waals surface area contributed by atoms with Gasteiger partial charge in [0.05, 0.1) is 35.6 Å². The normalized spacial score (nSPS) is 14.4. The first-order chi connectivity index (χ1) is 23.7. The number of carbonyl (C=O) groups excluding carboxylic acids is 1. The zero-order chi connectivity index (χ0) is 34.7. The lowest BCUT2D eigenvalue weighted by atomic mass is 9.91. The molecule has 0 radical (unpaired) electrons. The van der Waals surface area contributed by atoms with Gasteiger partial charge in [0.1, 0.15) is 6.61 Å². The minimum absolute atomic E-state index is 0.147. The van der Waals surface area contributed by atoms with Gasteiger partial charge in [-0.3, -0.25) is 9.36 Å². The minimum Gasteiger partial charge on any atom is -0.493 e. The van der Waals surface area contributed by atoms with Gasteiger partial charge in [-0.1, -0.05) is 121 Å². The molecule has 0 unspecified atom stereocenters. The molecule has 0 bridgehead atoms. The molecule has 1 aliphatic heterocycles. The Morgan fingerprint density at radius 2 is 1.76 bits per heavy atom. The fourth-order valence-electron chi connectivity index (χ4n) is 5.71. The molecule has 2 heterocycles. The minimum atomic E-state index is -0.776. The summed E-state index contributed by atoms with van der Waals surface area (Å²) >= 11 is 13.8. The van der Waals surface area contributed by atoms with Crippen LogP contribution >= 0.6 is 34.5 Å². The molecule has 1 aromatic heterocycles. The molecule has 1 atom stereocenters. The first-order valence-corrected chi connectivity index (χ1v) is 17.4. The first-order valence-electron chi connectivity index (χ1n) is 15.8. The van der Waals surface area contributed by atoms with Crippen molar-refractivity contribution >= 4 is 52.3 Å². The highest BCUT2D eigenvalue weighted by atomic mass is 35.5. The number of methoxy groups -OCH3 is 1. The highest BCUT2D eigenvalue weighted by molar-refractivity contribution is 7.07. The second kappa shape index (κ2) is 14.9. The lowest BCUT2D eigenvalue weighted by Crippen LogP contribution is -2.40. The zero-order valence-corrected chi connectivity index (χ0v) is 29.7. The molecule has 10 heteroatoms. The number of hydrogen-bond donors (Lipinski definition) is 0. The lowest BCUT2D eigenvalue weighted by molar-refractivity contribution is -0.138. The van der Waals surface area contributed by atoms with Crippen LogP contribution in [0.1, 0.15) is 60.5 Å². The summed E-state index contributed by atoms with van der Waals surface area (Å²) in [6.07, 6.45) is 1.76. The summed E-state index contributed by atoms with van der Waals surface area (Å²) in [5, 5.41) is 1.00. The highest BCUT2D eigenvalue weighted by Crippen LogP contribution is 2.36. The number of benzene rings is 4. The summed E-state index contributed by atoms with van der Waals surface area (Å²) in [6, 6.07) is 27.4. The van der Waals surface area contributed by atoms with E-state index in [4.69, 9.17) is 42.4 Å². The van der Waals surface area contributed by atoms with Gasteiger partial charge in [0.2, 0.25) is 0 Å². The van der Waals surface area contributed by atoms with E-state index in [1.807, 2.05) is 66.7 Å². The predicted octanol–water partition coefficient (Wildman–Crippen LogP) is 7.95. The SMILES string of the molecule is CCOC(=O)C1=C(c2ccccc2)N=c2s/c(=C\c3cccc(OC)c3OCc3ccc(Cl)cc3Cl)c(=O)n2[C@@H]1c1ccc(C(C)C)cc1. The number of para-hydroxylation sites is 1. The number of hydrogen-bond acceptors (Lipinski definition) is 7. The quantitative estimate of drug-likeness (QED) is 0.137. The molecule has 0 saturated heterocycles. The summed E-state index contributed by atoms with van der Waals surface area (Å²) in [5.74, 6) is 0.721. The Morgan fingerprint density at radius 1 is 1.00 bits per heavy atom. The summed E-state index contributed by atoms with van der Waals surface area (Å²) in [6.45, 7) is 6.32. The third kappa shape index (κ3) is 7.08. The standard InChI is InChI=1S/C39H34Cl2N2O5S/c1-5-47-38(45)33-34(25-10-7-6-8-11-25)42-39-43(35(33)26-16-14-24(15-17-26)23(2)3)37(44)32(49-39)20-27-12-9-13-31(46-4)36(27)48-22-28-18-19-29(40)21-30(28)41/h6-21,23,35H,5,22H2,1-4H3/b32-20-/t35-/m1/s1. The number of fused-ring (bicyclic) bond motifs is 1. The van der Waals surface area contributed by atoms with Gasteiger partial charge in [0.25, 0.3) is 5.56 Å². The second-order valence-electron chi connectivity index (χ2n) is 11.7. The largest absolute Gasteiger partial charge is 0.493 e. The van der Waals surface area contributed by atoms with Crippen LogP contribution in [0.2, 0.25) is 10.0 Å². The van der Waals surface area contributed by atoms with Gasteiger partial charge < -0.3 is 14.2 Å². The molecule has 5 aromatic rings. The Bertz CT molecular complexity index is 2220. The van der Waals surface area contributed by atoms with Crippen molar-refractivity contribution in [2.75, 3.05) is 13.7 Å². The van der Waals surface area contributed by atoms with Crippen molar-refractivity contribution in [3.8, 4) is 11.5 Å². The number of halogens is 2. The molecule has 0 saturated carbocycles. The number of thiazole rings is 1. The summed E-state index contributed by atoms with van der Waals surface area (Å²) in [7, 11) is 1.56. The van der Waals surface area contributed by atoms with E-state index in [9.17, 15) is 9.59 Å². The van der Waals surface area contributed by atoms with Gasteiger partial charge in [-0.05, 0) is 48.2 Å². The number of esters is 1. The van der Waals surface area contributed by atoms with Crippen molar-refractivity contribution in [2.45, 2.75) is 39.3 Å². The molecule has 0 aliphatic carbocycles. The third-order valence-electron chi connectivity index (χ3n) is 8.20. The summed E-state index contributed by atoms with van der Waals surface area (Å²) < 4.78 is 19.5. The van der Waals surface area contributed by atoms with E-state index < -0.39 is 12.0 Å². The fourth-order valence-corrected chi connectivity index (χ4v) is 7.17. The number of nitrogens with zero attached hydrogens (tertiary/aromatic N) is 2. The summed E-state index contributed by atoms with van der Waals surface area (Å²) in [4.78, 5) is 33.7. The Morgan fingerprint density at radius 3 is 2.43 bits per heavy atom. The molecule has 0 amide bonds. The van der Waals surface area contributed by atoms with Crippen LogP contribution in [-0.4, -0.2) is 24.3 Å². The van der Waals surface area contributed by atoms with E-state index in [1.165, 1.54) is 11.3 Å². The first kappa shape index (κ1) is 34.2. The molecule has 0 fully saturated rings. The molecule has 7 nitrogen and oxygen atoms in total. The molecule has 0 spiro atoms. The van der Waals surface area contributed by atoms with Crippen molar-refractivity contribution in [1.29, 1.82) is 0 Å². The molecular weight excluding hydrogens is 679 g/mol. The average molecular weight is 714 g/mol. The smallest absolute Gasteiger partial charge is 0.338 e. The molecule has 250 valence electrons. The highest BCUT2D eigenvalue weighted by Gasteiger charge is 2.35. The van der Waals surface area contributed by atoms with Gasteiger partial charge in [-0.2, -0.15) is 0 Å². The Hall–Kier alpha value is -4.63. The number of aromatic nitrogens is 1. The van der Waals surface area contributed by atoms with Crippen LogP contribution < -0.4 is 24.4 Å². The van der Waals surface area contributed by atoms with Crippen LogP contribution in [-0.2, 0) is 16.1 Å². The molecule has 0 N–H and O–H groups in total. The molecular formula is C39H34Cl2N2O5S. The Balaban J connectivity index is 1.55. The van der Waals surface area contributed by atoms with Crippen LogP contribution in [0.25, 0.3) is 11.8 Å². The van der Waals surface area contributed by atoms with Crippen LogP contribution in [0.3, 0.4) is 0 Å². The van der Waals surface area contributed by atoms with Crippen molar-refractivity contribution in [3.05, 3.63) is 154 Å². The average Bonchev–Trinajstić information content (AvgIpc) is 3.41. The fraction of sp³-hybridized carbons (Fsp3) is 0.205. The van der Waals surface area contributed by atoms with Crippen LogP contribution in [0.4, 0.5) is 0 Å². The lowest BCUT2D eigenvalue weighted by Gasteiger charge is -2.26. The van der Waals surface area contributed by atoms with E-state index in [1.54, 1.807) is 48.9 Å². The van der Waals surface area contributed by atoms with Crippen LogP contribution in [0, 0.1) is 0 Å². The van der Waals surface area contributed by atoms with Crippen LogP contribution in [0.15, 0.2) is 106 Å². The van der Waals surface area contributed by atoms with E-state index in [2.05, 4.69) is 13.8 Å². The molecule has 49 heavy (non-hydrogen) atoms. The van der Waals surface area contributed by atoms with Crippen molar-refractivity contribution in [3.63, 3.8) is 0 Å². The molecule has 1 aliphatic rings. The third-order valence-corrected chi connectivity index (χ3v) is 9.77. The van der Waals surface area contributed by atoms with Gasteiger partial charge >= 0.3 is 5.97 Å². The number of rotatable bonds is 10. The van der Waals surface area contributed by atoms with Gasteiger partial charge in [0, 0.05) is 26.7 Å². The zero-order valence-electron chi connectivity index (χ0n) is 27.4. The van der Waals surface area contributed by atoms with Crippen LogP contribution in [0.5, 0.6) is 11.5 Å². The van der Waals surface area contributed by atoms with E-state index >= 15 is 0 Å². The van der Waals surface area contributed by atoms with Crippen molar-refractivity contribution in [2.24, 2.45) is 4.99 Å². The molecule has 6 rings (SSSR count). The van der Waals surface area contributed by atoms with Gasteiger partial charge in [0.15, 0.2) is 16.3 Å². The summed E-state index contributed by atoms with van der Waals surface area (Å²) in [5.41, 5.74) is 4.50. The monoisotopic (exact) mass is 712 g/mol. The maximum Gasteiger partial charge on any atom is 0.338 e. The molecule has 4 aromatic carbocycles. The Kier molecular flexibility index (Phi) is 10.4. The van der Waals surface area contributed by atoms with Gasteiger partial charge in [-0.25, -0.2) is 9.79 Å². The second-order valence-corrected chi connectivity index (χ2v) is 13.5. The number of carbonyl (C=O) groups is 1. The number of ether oxygens (including phenoxy) is 3. The maximum atomic E-state index is 14.5. The van der Waals surface area contributed by atoms with E-state index in [-0.39, 0.29) is 18.8 Å². The van der Waals surface area contributed by atoms with Gasteiger partial charge in [-0.15, -0.1) is 0 Å².